The lowest BCUT2D eigenvalue weighted by Gasteiger charge is -2.40. The average molecular weight is 259 g/mol. The smallest absolute Gasteiger partial charge is 0.0626 e. The number of aliphatic hydroxyl groups is 1. The van der Waals surface area contributed by atoms with Crippen molar-refractivity contribution in [1.29, 1.82) is 0 Å². The zero-order valence-corrected chi connectivity index (χ0v) is 12.2. The minimum atomic E-state index is -0.159. The Morgan fingerprint density at radius 3 is 2.74 bits per heavy atom. The van der Waals surface area contributed by atoms with Gasteiger partial charge in [0.2, 0.25) is 0 Å². The molecular formula is C17H25NO. The molecule has 104 valence electrons. The monoisotopic (exact) mass is 259 g/mol. The van der Waals surface area contributed by atoms with Gasteiger partial charge in [-0.1, -0.05) is 32.9 Å². The molecule has 0 radical (unpaired) electrons. The van der Waals surface area contributed by atoms with Crippen molar-refractivity contribution in [2.45, 2.75) is 39.7 Å². The van der Waals surface area contributed by atoms with Crippen LogP contribution in [0.4, 0.5) is 0 Å². The van der Waals surface area contributed by atoms with Crippen LogP contribution < -0.4 is 0 Å². The molecule has 0 amide bonds. The molecule has 0 saturated heterocycles. The van der Waals surface area contributed by atoms with Gasteiger partial charge in [-0.3, -0.25) is 4.98 Å². The second-order valence-electron chi connectivity index (χ2n) is 6.10. The molecule has 1 fully saturated rings. The fourth-order valence-electron chi connectivity index (χ4n) is 3.24. The van der Waals surface area contributed by atoms with E-state index in [0.29, 0.717) is 23.7 Å². The standard InChI is InChI=1S/C17H25NO/c1-12(2)15-9-10-17(19)13(3)16(15)8-7-14-6-4-5-11-18-14/h4-8,11-13,15-17,19H,9-10H2,1-3H3/b8-7+/t13-,15-,16-,17+/m0/s1. The van der Waals surface area contributed by atoms with Gasteiger partial charge in [0.25, 0.3) is 0 Å². The van der Waals surface area contributed by atoms with Crippen LogP contribution in [0.15, 0.2) is 30.5 Å². The van der Waals surface area contributed by atoms with E-state index < -0.39 is 0 Å². The van der Waals surface area contributed by atoms with Crippen molar-refractivity contribution in [2.24, 2.45) is 23.7 Å². The van der Waals surface area contributed by atoms with Crippen LogP contribution in [0.1, 0.15) is 39.3 Å². The Bertz CT molecular complexity index is 413. The molecule has 1 aliphatic rings. The molecule has 1 aromatic heterocycles. The summed E-state index contributed by atoms with van der Waals surface area (Å²) in [6.45, 7) is 6.75. The van der Waals surface area contributed by atoms with Crippen molar-refractivity contribution >= 4 is 6.08 Å². The first kappa shape index (κ1) is 14.3. The van der Waals surface area contributed by atoms with Crippen LogP contribution in [0.25, 0.3) is 6.08 Å². The summed E-state index contributed by atoms with van der Waals surface area (Å²) >= 11 is 0. The van der Waals surface area contributed by atoms with E-state index in [9.17, 15) is 5.11 Å². The predicted molar refractivity (Wildman–Crippen MR) is 79.5 cm³/mol. The average Bonchev–Trinajstić information content (AvgIpc) is 2.41. The van der Waals surface area contributed by atoms with Crippen LogP contribution in [0.5, 0.6) is 0 Å². The highest BCUT2D eigenvalue weighted by atomic mass is 16.3. The SMILES string of the molecule is CC(C)[C@@H]1CC[C@@H](O)[C@@H](C)[C@@H]1/C=C/c1ccccn1. The molecule has 2 heteroatoms. The maximum absolute atomic E-state index is 10.1. The molecule has 0 spiro atoms. The van der Waals surface area contributed by atoms with Crippen molar-refractivity contribution in [2.75, 3.05) is 0 Å². The predicted octanol–water partition coefficient (Wildman–Crippen LogP) is 3.77. The second kappa shape index (κ2) is 6.33. The summed E-state index contributed by atoms with van der Waals surface area (Å²) in [6.07, 6.45) is 8.10. The van der Waals surface area contributed by atoms with E-state index >= 15 is 0 Å². The first-order chi connectivity index (χ1) is 9.09. The van der Waals surface area contributed by atoms with E-state index in [4.69, 9.17) is 0 Å². The lowest BCUT2D eigenvalue weighted by Crippen LogP contribution is -2.37. The summed E-state index contributed by atoms with van der Waals surface area (Å²) in [6, 6.07) is 5.96. The third-order valence-electron chi connectivity index (χ3n) is 4.54. The van der Waals surface area contributed by atoms with Crippen LogP contribution in [-0.2, 0) is 0 Å². The van der Waals surface area contributed by atoms with E-state index in [1.165, 1.54) is 0 Å². The number of rotatable bonds is 3. The first-order valence-electron chi connectivity index (χ1n) is 7.37. The molecule has 0 unspecified atom stereocenters. The van der Waals surface area contributed by atoms with Crippen LogP contribution in [0, 0.1) is 23.7 Å². The van der Waals surface area contributed by atoms with Crippen molar-refractivity contribution < 1.29 is 5.11 Å². The molecule has 0 aliphatic heterocycles. The summed E-state index contributed by atoms with van der Waals surface area (Å²) in [5, 5.41) is 10.1. The van der Waals surface area contributed by atoms with Crippen LogP contribution in [0.2, 0.25) is 0 Å². The van der Waals surface area contributed by atoms with Gasteiger partial charge in [-0.05, 0) is 54.7 Å². The van der Waals surface area contributed by atoms with Crippen molar-refractivity contribution in [3.63, 3.8) is 0 Å². The zero-order chi connectivity index (χ0) is 13.8. The Hall–Kier alpha value is -1.15. The molecule has 1 N–H and O–H groups in total. The lowest BCUT2D eigenvalue weighted by atomic mass is 9.67. The molecule has 1 heterocycles. The van der Waals surface area contributed by atoms with Gasteiger partial charge in [0, 0.05) is 6.20 Å². The molecule has 2 nitrogen and oxygen atoms in total. The maximum atomic E-state index is 10.1. The Morgan fingerprint density at radius 1 is 1.32 bits per heavy atom. The Kier molecular flexibility index (Phi) is 4.76. The Labute approximate surface area is 116 Å². The Morgan fingerprint density at radius 2 is 2.11 bits per heavy atom. The quantitative estimate of drug-likeness (QED) is 0.896. The molecule has 1 aromatic rings. The number of allylic oxidation sites excluding steroid dienone is 1. The van der Waals surface area contributed by atoms with Gasteiger partial charge in [-0.15, -0.1) is 0 Å². The highest BCUT2D eigenvalue weighted by molar-refractivity contribution is 5.44. The van der Waals surface area contributed by atoms with Crippen molar-refractivity contribution in [1.82, 2.24) is 4.98 Å². The zero-order valence-electron chi connectivity index (χ0n) is 12.2. The fourth-order valence-corrected chi connectivity index (χ4v) is 3.24. The maximum Gasteiger partial charge on any atom is 0.0626 e. The van der Waals surface area contributed by atoms with Gasteiger partial charge in [0.1, 0.15) is 0 Å². The highest BCUT2D eigenvalue weighted by Gasteiger charge is 2.35. The Balaban J connectivity index is 2.15. The van der Waals surface area contributed by atoms with E-state index in [1.54, 1.807) is 0 Å². The normalized spacial score (nSPS) is 32.1. The van der Waals surface area contributed by atoms with Gasteiger partial charge in [0.15, 0.2) is 0 Å². The summed E-state index contributed by atoms with van der Waals surface area (Å²) in [5.74, 6) is 2.11. The topological polar surface area (TPSA) is 33.1 Å². The van der Waals surface area contributed by atoms with E-state index in [0.717, 1.165) is 18.5 Å². The number of hydrogen-bond donors (Lipinski definition) is 1. The number of aromatic nitrogens is 1. The third kappa shape index (κ3) is 3.44. The lowest BCUT2D eigenvalue weighted by molar-refractivity contribution is 0.0163. The molecular weight excluding hydrogens is 234 g/mol. The molecule has 4 atom stereocenters. The summed E-state index contributed by atoms with van der Waals surface area (Å²) in [4.78, 5) is 4.33. The highest BCUT2D eigenvalue weighted by Crippen LogP contribution is 2.40. The van der Waals surface area contributed by atoms with Gasteiger partial charge in [-0.25, -0.2) is 0 Å². The van der Waals surface area contributed by atoms with Crippen LogP contribution in [-0.4, -0.2) is 16.2 Å². The van der Waals surface area contributed by atoms with Gasteiger partial charge in [0.05, 0.1) is 11.8 Å². The van der Waals surface area contributed by atoms with Crippen LogP contribution in [0.3, 0.4) is 0 Å². The molecule has 19 heavy (non-hydrogen) atoms. The van der Waals surface area contributed by atoms with E-state index in [-0.39, 0.29) is 6.10 Å². The number of pyridine rings is 1. The van der Waals surface area contributed by atoms with Crippen molar-refractivity contribution in [3.05, 3.63) is 36.2 Å². The number of nitrogens with zero attached hydrogens (tertiary/aromatic N) is 1. The molecule has 0 aromatic carbocycles. The van der Waals surface area contributed by atoms with Gasteiger partial charge in [-0.2, -0.15) is 0 Å². The van der Waals surface area contributed by atoms with E-state index in [1.807, 2.05) is 24.4 Å². The minimum Gasteiger partial charge on any atom is -0.393 e. The summed E-state index contributed by atoms with van der Waals surface area (Å²) < 4.78 is 0. The van der Waals surface area contributed by atoms with Crippen molar-refractivity contribution in [3.8, 4) is 0 Å². The molecule has 2 rings (SSSR count). The number of aliphatic hydroxyl groups excluding tert-OH is 1. The fraction of sp³-hybridized carbons (Fsp3) is 0.588. The molecule has 0 bridgehead atoms. The molecule has 1 saturated carbocycles. The molecule has 1 aliphatic carbocycles. The minimum absolute atomic E-state index is 0.159. The first-order valence-corrected chi connectivity index (χ1v) is 7.37. The summed E-state index contributed by atoms with van der Waals surface area (Å²) in [7, 11) is 0. The van der Waals surface area contributed by atoms with Crippen LogP contribution >= 0.6 is 0 Å². The van der Waals surface area contributed by atoms with Gasteiger partial charge >= 0.3 is 0 Å². The number of hydrogen-bond acceptors (Lipinski definition) is 2. The largest absolute Gasteiger partial charge is 0.393 e. The van der Waals surface area contributed by atoms with E-state index in [2.05, 4.69) is 37.9 Å². The second-order valence-corrected chi connectivity index (χ2v) is 6.10. The van der Waals surface area contributed by atoms with Gasteiger partial charge < -0.3 is 5.11 Å². The third-order valence-corrected chi connectivity index (χ3v) is 4.54. The summed E-state index contributed by atoms with van der Waals surface area (Å²) in [5.41, 5.74) is 0.997.